The van der Waals surface area contributed by atoms with Gasteiger partial charge in [0.15, 0.2) is 0 Å². The topological polar surface area (TPSA) is 108 Å². The number of alkyl carbamates (subject to hydrolysis) is 1. The Hall–Kier alpha value is -1.99. The van der Waals surface area contributed by atoms with Gasteiger partial charge in [0, 0.05) is 26.2 Å². The summed E-state index contributed by atoms with van der Waals surface area (Å²) in [5.41, 5.74) is -0.554. The van der Waals surface area contributed by atoms with Gasteiger partial charge in [-0.3, -0.25) is 4.79 Å². The first-order valence-electron chi connectivity index (χ1n) is 7.41. The molecule has 0 spiro atoms. The molecule has 1 rings (SSSR count). The van der Waals surface area contributed by atoms with Gasteiger partial charge in [-0.1, -0.05) is 0 Å². The summed E-state index contributed by atoms with van der Waals surface area (Å²) < 4.78 is 5.07. The van der Waals surface area contributed by atoms with Crippen molar-refractivity contribution < 1.29 is 24.2 Å². The predicted octanol–water partition coefficient (Wildman–Crippen LogP) is 1.02. The van der Waals surface area contributed by atoms with Crippen LogP contribution < -0.4 is 10.6 Å². The number of hydrogen-bond acceptors (Lipinski definition) is 4. The van der Waals surface area contributed by atoms with E-state index >= 15 is 0 Å². The molecule has 0 radical (unpaired) electrons. The van der Waals surface area contributed by atoms with Crippen molar-refractivity contribution in [1.82, 2.24) is 15.5 Å². The number of amides is 3. The Kier molecular flexibility index (Phi) is 6.45. The molecule has 0 saturated carbocycles. The van der Waals surface area contributed by atoms with Crippen molar-refractivity contribution in [3.63, 3.8) is 0 Å². The normalized spacial score (nSPS) is 16.0. The third-order valence-corrected chi connectivity index (χ3v) is 3.20. The van der Waals surface area contributed by atoms with Gasteiger partial charge in [0.25, 0.3) is 0 Å². The Morgan fingerprint density at radius 1 is 1.14 bits per heavy atom. The lowest BCUT2D eigenvalue weighted by molar-refractivity contribution is -0.143. The molecule has 0 unspecified atom stereocenters. The van der Waals surface area contributed by atoms with Crippen LogP contribution in [0, 0.1) is 5.92 Å². The highest BCUT2D eigenvalue weighted by Crippen LogP contribution is 2.17. The lowest BCUT2D eigenvalue weighted by Gasteiger charge is -2.30. The van der Waals surface area contributed by atoms with Crippen LogP contribution in [0.2, 0.25) is 0 Å². The van der Waals surface area contributed by atoms with Crippen molar-refractivity contribution in [2.75, 3.05) is 26.2 Å². The Balaban J connectivity index is 2.17. The van der Waals surface area contributed by atoms with Crippen molar-refractivity contribution in [2.24, 2.45) is 5.92 Å². The fourth-order valence-electron chi connectivity index (χ4n) is 2.09. The molecule has 3 N–H and O–H groups in total. The van der Waals surface area contributed by atoms with E-state index < -0.39 is 17.7 Å². The molecule has 22 heavy (non-hydrogen) atoms. The van der Waals surface area contributed by atoms with E-state index in [2.05, 4.69) is 10.6 Å². The molecule has 1 aliphatic heterocycles. The monoisotopic (exact) mass is 315 g/mol. The van der Waals surface area contributed by atoms with Gasteiger partial charge in [-0.05, 0) is 33.6 Å². The summed E-state index contributed by atoms with van der Waals surface area (Å²) in [7, 11) is 0. The Labute approximate surface area is 130 Å². The summed E-state index contributed by atoms with van der Waals surface area (Å²) >= 11 is 0. The van der Waals surface area contributed by atoms with Crippen LogP contribution in [0.25, 0.3) is 0 Å². The molecular formula is C14H25N3O5. The molecule has 126 valence electrons. The average molecular weight is 315 g/mol. The molecule has 0 aromatic heterocycles. The van der Waals surface area contributed by atoms with Crippen molar-refractivity contribution in [1.29, 1.82) is 0 Å². The summed E-state index contributed by atoms with van der Waals surface area (Å²) in [6.45, 7) is 6.74. The van der Waals surface area contributed by atoms with Gasteiger partial charge in [0.05, 0.1) is 5.92 Å². The zero-order chi connectivity index (χ0) is 16.8. The number of carbonyl (C=O) groups is 3. The molecule has 1 saturated heterocycles. The first kappa shape index (κ1) is 18.1. The van der Waals surface area contributed by atoms with E-state index in [9.17, 15) is 14.4 Å². The fraction of sp³-hybridized carbons (Fsp3) is 0.786. The molecule has 0 aliphatic carbocycles. The molecule has 0 bridgehead atoms. The van der Waals surface area contributed by atoms with Crippen molar-refractivity contribution >= 4 is 18.1 Å². The van der Waals surface area contributed by atoms with Gasteiger partial charge < -0.3 is 25.4 Å². The minimum Gasteiger partial charge on any atom is -0.481 e. The molecule has 8 heteroatoms. The van der Waals surface area contributed by atoms with Gasteiger partial charge in [0.1, 0.15) is 5.60 Å². The molecule has 1 heterocycles. The molecule has 1 aliphatic rings. The van der Waals surface area contributed by atoms with Crippen molar-refractivity contribution in [3.8, 4) is 0 Å². The number of nitrogens with one attached hydrogen (secondary N) is 2. The van der Waals surface area contributed by atoms with E-state index in [4.69, 9.17) is 9.84 Å². The van der Waals surface area contributed by atoms with Crippen LogP contribution in [0.4, 0.5) is 9.59 Å². The summed E-state index contributed by atoms with van der Waals surface area (Å²) in [6.07, 6.45) is 0.418. The standard InChI is InChI=1S/C14H25N3O5/c1-14(2,3)22-13(21)16-7-6-15-12(20)17-8-4-10(5-9-17)11(18)19/h10H,4-9H2,1-3H3,(H,15,20)(H,16,21)(H,18,19). The van der Waals surface area contributed by atoms with Crippen LogP contribution in [-0.2, 0) is 9.53 Å². The number of hydrogen-bond donors (Lipinski definition) is 3. The Bertz CT molecular complexity index is 411. The van der Waals surface area contributed by atoms with E-state index in [0.29, 0.717) is 25.9 Å². The first-order chi connectivity index (χ1) is 10.2. The molecule has 1 fully saturated rings. The van der Waals surface area contributed by atoms with Crippen LogP contribution in [0.5, 0.6) is 0 Å². The van der Waals surface area contributed by atoms with Gasteiger partial charge >= 0.3 is 18.1 Å². The second-order valence-corrected chi connectivity index (χ2v) is 6.26. The maximum atomic E-state index is 11.9. The second kappa shape index (κ2) is 7.86. The molecular weight excluding hydrogens is 290 g/mol. The summed E-state index contributed by atoms with van der Waals surface area (Å²) in [5, 5.41) is 14.1. The zero-order valence-electron chi connectivity index (χ0n) is 13.3. The highest BCUT2D eigenvalue weighted by atomic mass is 16.6. The summed E-state index contributed by atoms with van der Waals surface area (Å²) in [5.74, 6) is -1.17. The lowest BCUT2D eigenvalue weighted by atomic mass is 9.97. The number of piperidine rings is 1. The number of aliphatic carboxylic acids is 1. The van der Waals surface area contributed by atoms with Gasteiger partial charge in [-0.25, -0.2) is 9.59 Å². The molecule has 0 aromatic rings. The van der Waals surface area contributed by atoms with E-state index in [-0.39, 0.29) is 25.0 Å². The molecule has 3 amide bonds. The number of urea groups is 1. The van der Waals surface area contributed by atoms with Crippen LogP contribution >= 0.6 is 0 Å². The van der Waals surface area contributed by atoms with Gasteiger partial charge in [-0.2, -0.15) is 0 Å². The maximum absolute atomic E-state index is 11.9. The summed E-state index contributed by atoms with van der Waals surface area (Å²) in [6, 6.07) is -0.241. The summed E-state index contributed by atoms with van der Waals surface area (Å²) in [4.78, 5) is 35.7. The van der Waals surface area contributed by atoms with Crippen LogP contribution in [0.1, 0.15) is 33.6 Å². The zero-order valence-corrected chi connectivity index (χ0v) is 13.3. The SMILES string of the molecule is CC(C)(C)OC(=O)NCCNC(=O)N1CCC(C(=O)O)CC1. The lowest BCUT2D eigenvalue weighted by Crippen LogP contribution is -2.47. The number of likely N-dealkylation sites (tertiary alicyclic amines) is 1. The smallest absolute Gasteiger partial charge is 0.407 e. The number of nitrogens with zero attached hydrogens (tertiary/aromatic N) is 1. The minimum absolute atomic E-state index is 0.241. The highest BCUT2D eigenvalue weighted by molar-refractivity contribution is 5.75. The minimum atomic E-state index is -0.804. The molecule has 0 atom stereocenters. The maximum Gasteiger partial charge on any atom is 0.407 e. The third kappa shape index (κ3) is 6.64. The van der Waals surface area contributed by atoms with Gasteiger partial charge in [-0.15, -0.1) is 0 Å². The Morgan fingerprint density at radius 2 is 1.68 bits per heavy atom. The van der Waals surface area contributed by atoms with E-state index in [1.54, 1.807) is 25.7 Å². The van der Waals surface area contributed by atoms with Crippen LogP contribution in [0.15, 0.2) is 0 Å². The highest BCUT2D eigenvalue weighted by Gasteiger charge is 2.26. The third-order valence-electron chi connectivity index (χ3n) is 3.20. The quantitative estimate of drug-likeness (QED) is 0.671. The fourth-order valence-corrected chi connectivity index (χ4v) is 2.09. The number of ether oxygens (including phenoxy) is 1. The average Bonchev–Trinajstić information content (AvgIpc) is 2.41. The number of carbonyl (C=O) groups excluding carboxylic acids is 2. The predicted molar refractivity (Wildman–Crippen MR) is 79.6 cm³/mol. The molecule has 8 nitrogen and oxygen atoms in total. The van der Waals surface area contributed by atoms with Crippen molar-refractivity contribution in [2.45, 2.75) is 39.2 Å². The molecule has 0 aromatic carbocycles. The van der Waals surface area contributed by atoms with Crippen LogP contribution in [0.3, 0.4) is 0 Å². The Morgan fingerprint density at radius 3 is 2.18 bits per heavy atom. The number of rotatable bonds is 4. The van der Waals surface area contributed by atoms with Crippen LogP contribution in [-0.4, -0.2) is 59.9 Å². The number of carboxylic acid groups (broad SMARTS) is 1. The van der Waals surface area contributed by atoms with Gasteiger partial charge in [0.2, 0.25) is 0 Å². The van der Waals surface area contributed by atoms with Crippen molar-refractivity contribution in [3.05, 3.63) is 0 Å². The second-order valence-electron chi connectivity index (χ2n) is 6.26. The van der Waals surface area contributed by atoms with E-state index in [0.717, 1.165) is 0 Å². The number of carboxylic acids is 1. The van der Waals surface area contributed by atoms with E-state index in [1.165, 1.54) is 0 Å². The van der Waals surface area contributed by atoms with E-state index in [1.807, 2.05) is 0 Å². The first-order valence-corrected chi connectivity index (χ1v) is 7.41. The largest absolute Gasteiger partial charge is 0.481 e.